The first-order valence-corrected chi connectivity index (χ1v) is 19.5. The lowest BCUT2D eigenvalue weighted by Gasteiger charge is -2.20. The summed E-state index contributed by atoms with van der Waals surface area (Å²) < 4.78 is 4.55. The monoisotopic (exact) mass is 740 g/mol. The van der Waals surface area contributed by atoms with Gasteiger partial charge in [-0.25, -0.2) is 29.9 Å². The summed E-state index contributed by atoms with van der Waals surface area (Å²) in [5, 5.41) is 1.80. The van der Waals surface area contributed by atoms with Crippen LogP contribution in [0.2, 0.25) is 0 Å². The van der Waals surface area contributed by atoms with Gasteiger partial charge in [0.1, 0.15) is 34.0 Å². The lowest BCUT2D eigenvalue weighted by Crippen LogP contribution is -2.11. The minimum Gasteiger partial charge on any atom is -0.383 e. The van der Waals surface area contributed by atoms with Crippen molar-refractivity contribution in [2.75, 3.05) is 11.5 Å². The van der Waals surface area contributed by atoms with Gasteiger partial charge in [0.2, 0.25) is 0 Å². The van der Waals surface area contributed by atoms with E-state index in [1.165, 1.54) is 12.7 Å². The first kappa shape index (κ1) is 35.9. The molecule has 0 saturated heterocycles. The number of nitrogens with two attached hydrogens (primary N) is 2. The van der Waals surface area contributed by atoms with E-state index in [-0.39, 0.29) is 0 Å². The van der Waals surface area contributed by atoms with Crippen LogP contribution in [0.5, 0.6) is 0 Å². The summed E-state index contributed by atoms with van der Waals surface area (Å²) in [5.41, 5.74) is 18.5. The molecule has 0 amide bonds. The number of hydrogen-bond acceptors (Lipinski definition) is 10. The molecule has 2 atom stereocenters. The molecule has 0 radical (unpaired) electrons. The number of nitrogens with zero attached hydrogens (tertiary/aromatic N) is 8. The van der Waals surface area contributed by atoms with Crippen LogP contribution in [0.15, 0.2) is 98.1 Å². The molecule has 0 fully saturated rings. The van der Waals surface area contributed by atoms with E-state index in [2.05, 4.69) is 107 Å². The number of thiophene rings is 2. The van der Waals surface area contributed by atoms with Crippen molar-refractivity contribution in [2.45, 2.75) is 60.0 Å². The van der Waals surface area contributed by atoms with Crippen LogP contribution in [0, 0.1) is 11.8 Å². The van der Waals surface area contributed by atoms with E-state index in [0.29, 0.717) is 35.6 Å². The third kappa shape index (κ3) is 7.29. The van der Waals surface area contributed by atoms with Crippen LogP contribution in [0.1, 0.15) is 60.0 Å². The number of hydrogen-bond donors (Lipinski definition) is 2. The summed E-state index contributed by atoms with van der Waals surface area (Å²) >= 11 is 3.27. The minimum atomic E-state index is 0.323. The smallest absolute Gasteiger partial charge is 0.135 e. The summed E-state index contributed by atoms with van der Waals surface area (Å²) in [6.07, 6.45) is 8.04. The quantitative estimate of drug-likeness (QED) is 0.149. The van der Waals surface area contributed by atoms with Crippen molar-refractivity contribution in [3.05, 3.63) is 98.1 Å². The molecule has 0 bridgehead atoms. The van der Waals surface area contributed by atoms with Crippen LogP contribution in [0.3, 0.4) is 0 Å². The predicted molar refractivity (Wildman–Crippen MR) is 221 cm³/mol. The van der Waals surface area contributed by atoms with Gasteiger partial charge in [-0.1, -0.05) is 88.4 Å². The molecule has 6 heterocycles. The van der Waals surface area contributed by atoms with Gasteiger partial charge in [0, 0.05) is 23.2 Å². The molecule has 10 nitrogen and oxygen atoms in total. The Kier molecular flexibility index (Phi) is 10.3. The molecule has 12 heteroatoms. The van der Waals surface area contributed by atoms with Crippen LogP contribution in [-0.2, 0) is 0 Å². The van der Waals surface area contributed by atoms with Gasteiger partial charge in [-0.2, -0.15) is 0 Å². The molecule has 8 rings (SSSR count). The second-order valence-electron chi connectivity index (χ2n) is 14.1. The molecule has 270 valence electrons. The van der Waals surface area contributed by atoms with Crippen molar-refractivity contribution in [3.8, 4) is 43.7 Å². The highest BCUT2D eigenvalue weighted by Gasteiger charge is 2.23. The molecule has 8 aromatic rings. The molecular weight excluding hydrogens is 697 g/mol. The zero-order valence-corrected chi connectivity index (χ0v) is 32.4. The van der Waals surface area contributed by atoms with E-state index < -0.39 is 0 Å². The fourth-order valence-electron chi connectivity index (χ4n) is 6.57. The van der Waals surface area contributed by atoms with Crippen molar-refractivity contribution < 1.29 is 0 Å². The minimum absolute atomic E-state index is 0.323. The number of nitrogen functional groups attached to an aromatic ring is 2. The molecule has 0 aliphatic carbocycles. The van der Waals surface area contributed by atoms with Gasteiger partial charge in [-0.3, -0.25) is 0 Å². The summed E-state index contributed by atoms with van der Waals surface area (Å²) in [5.74, 6) is 2.14. The van der Waals surface area contributed by atoms with E-state index in [1.807, 2.05) is 49.1 Å². The Morgan fingerprint density at radius 1 is 0.585 bits per heavy atom. The second kappa shape index (κ2) is 15.3. The Bertz CT molecular complexity index is 2460. The van der Waals surface area contributed by atoms with Crippen molar-refractivity contribution in [1.82, 2.24) is 39.0 Å². The number of fused-ring (bicyclic) bond motifs is 2. The van der Waals surface area contributed by atoms with Crippen LogP contribution in [0.4, 0.5) is 11.6 Å². The maximum absolute atomic E-state index is 6.07. The average molecular weight is 741 g/mol. The largest absolute Gasteiger partial charge is 0.383 e. The molecule has 0 aliphatic heterocycles. The molecule has 0 saturated carbocycles. The summed E-state index contributed by atoms with van der Waals surface area (Å²) in [7, 11) is 0. The molecule has 0 spiro atoms. The molecule has 2 aromatic carbocycles. The number of imidazole rings is 2. The maximum Gasteiger partial charge on any atom is 0.135 e. The third-order valence-electron chi connectivity index (χ3n) is 9.56. The van der Waals surface area contributed by atoms with Gasteiger partial charge in [0.25, 0.3) is 0 Å². The fraction of sp³-hybridized carbons (Fsp3) is 0.268. The molecule has 4 N–H and O–H groups in total. The van der Waals surface area contributed by atoms with Crippen molar-refractivity contribution in [3.63, 3.8) is 0 Å². The highest BCUT2D eigenvalue weighted by molar-refractivity contribution is 7.22. The Morgan fingerprint density at radius 2 is 1.04 bits per heavy atom. The maximum atomic E-state index is 6.07. The van der Waals surface area contributed by atoms with E-state index >= 15 is 0 Å². The molecule has 6 aromatic heterocycles. The van der Waals surface area contributed by atoms with Gasteiger partial charge in [0.05, 0.1) is 56.0 Å². The van der Waals surface area contributed by atoms with Gasteiger partial charge in [-0.05, 0) is 44.2 Å². The summed E-state index contributed by atoms with van der Waals surface area (Å²) in [4.78, 5) is 30.6. The number of aromatic nitrogens is 8. The highest BCUT2D eigenvalue weighted by Crippen LogP contribution is 2.42. The highest BCUT2D eigenvalue weighted by atomic mass is 32.1. The first-order chi connectivity index (χ1) is 25.6. The zero-order valence-electron chi connectivity index (χ0n) is 30.8. The number of benzene rings is 2. The average Bonchev–Trinajstić information content (AvgIpc) is 3.96. The topological polar surface area (TPSA) is 139 Å². The van der Waals surface area contributed by atoms with Crippen LogP contribution in [-0.4, -0.2) is 39.0 Å². The Hall–Kier alpha value is -5.46. The number of anilines is 2. The van der Waals surface area contributed by atoms with Crippen molar-refractivity contribution >= 4 is 54.7 Å². The van der Waals surface area contributed by atoms with Crippen LogP contribution < -0.4 is 11.5 Å². The van der Waals surface area contributed by atoms with E-state index in [1.54, 1.807) is 22.7 Å². The first-order valence-electron chi connectivity index (χ1n) is 17.9. The van der Waals surface area contributed by atoms with Crippen molar-refractivity contribution in [1.29, 1.82) is 0 Å². The Morgan fingerprint density at radius 3 is 1.47 bits per heavy atom. The Labute approximate surface area is 317 Å². The van der Waals surface area contributed by atoms with Crippen molar-refractivity contribution in [2.24, 2.45) is 11.8 Å². The second-order valence-corrected chi connectivity index (χ2v) is 16.1. The molecule has 53 heavy (non-hydrogen) atoms. The SMILES string of the molecule is CC(C)C(C)n1cnc(-c2ccccc2)c1-c1cc2c(N)ncnc2s1.CC(C)CC(C)n1cnc(-c2ccccc2)c1-c1cc2c(N)ncnc2s1. The van der Waals surface area contributed by atoms with E-state index in [9.17, 15) is 0 Å². The lowest BCUT2D eigenvalue weighted by atomic mass is 10.0. The molecular formula is C41H44N10S2. The van der Waals surface area contributed by atoms with Gasteiger partial charge < -0.3 is 20.6 Å². The molecule has 0 aliphatic rings. The van der Waals surface area contributed by atoms with Gasteiger partial charge in [0.15, 0.2) is 0 Å². The van der Waals surface area contributed by atoms with E-state index in [0.717, 1.165) is 70.5 Å². The van der Waals surface area contributed by atoms with E-state index in [4.69, 9.17) is 21.4 Å². The predicted octanol–water partition coefficient (Wildman–Crippen LogP) is 10.4. The molecule has 2 unspecified atom stereocenters. The zero-order chi connectivity index (χ0) is 37.2. The standard InChI is InChI=1S/C21H23N5S.C20H21N5S/c1-13(2)9-14(3)26-12-25-18(15-7-5-4-6-8-15)19(26)17-10-16-20(22)23-11-24-21(16)27-17;1-12(2)13(3)25-11-24-17(14-7-5-4-6-8-14)18(25)16-9-15-19(21)22-10-23-20(15)26-16/h4-8,10-14H,9H2,1-3H3,(H2,22,23,24);4-13H,1-3H3,(H2,21,22,23). The fourth-order valence-corrected chi connectivity index (χ4v) is 8.68. The van der Waals surface area contributed by atoms with Gasteiger partial charge >= 0.3 is 0 Å². The number of rotatable bonds is 9. The van der Waals surface area contributed by atoms with Crippen LogP contribution >= 0.6 is 22.7 Å². The lowest BCUT2D eigenvalue weighted by molar-refractivity contribution is 0.411. The Balaban J connectivity index is 0.000000164. The van der Waals surface area contributed by atoms with Gasteiger partial charge in [-0.15, -0.1) is 22.7 Å². The third-order valence-corrected chi connectivity index (χ3v) is 11.7. The normalized spacial score (nSPS) is 12.8. The van der Waals surface area contributed by atoms with Crippen LogP contribution in [0.25, 0.3) is 64.1 Å². The summed E-state index contributed by atoms with van der Waals surface area (Å²) in [6, 6.07) is 25.5. The summed E-state index contributed by atoms with van der Waals surface area (Å²) in [6.45, 7) is 13.4.